The van der Waals surface area contributed by atoms with Gasteiger partial charge in [-0.3, -0.25) is 4.79 Å². The van der Waals surface area contributed by atoms with Gasteiger partial charge < -0.3 is 15.2 Å². The molecule has 1 atom stereocenters. The summed E-state index contributed by atoms with van der Waals surface area (Å²) in [7, 11) is 1.68. The molecule has 5 nitrogen and oxygen atoms in total. The number of hydrogen-bond acceptors (Lipinski definition) is 3. The third kappa shape index (κ3) is 2.56. The van der Waals surface area contributed by atoms with Crippen molar-refractivity contribution < 1.29 is 4.79 Å². The van der Waals surface area contributed by atoms with Gasteiger partial charge in [-0.05, 0) is 33.2 Å². The zero-order chi connectivity index (χ0) is 13.2. The molecule has 0 radical (unpaired) electrons. The summed E-state index contributed by atoms with van der Waals surface area (Å²) >= 11 is 0. The van der Waals surface area contributed by atoms with Crippen molar-refractivity contribution in [3.05, 3.63) is 18.2 Å². The summed E-state index contributed by atoms with van der Waals surface area (Å²) in [5, 5.41) is 6.19. The molecule has 1 aromatic heterocycles. The molecular weight excluding hydrogens is 228 g/mol. The average Bonchev–Trinajstić information content (AvgIpc) is 2.97. The van der Waals surface area contributed by atoms with Gasteiger partial charge in [-0.1, -0.05) is 0 Å². The fourth-order valence-electron chi connectivity index (χ4n) is 2.53. The monoisotopic (exact) mass is 250 g/mol. The molecule has 0 aromatic carbocycles. The van der Waals surface area contributed by atoms with Gasteiger partial charge in [-0.2, -0.15) is 0 Å². The summed E-state index contributed by atoms with van der Waals surface area (Å²) in [6, 6.07) is 0.382. The summed E-state index contributed by atoms with van der Waals surface area (Å²) in [5.74, 6) is 0.0570. The molecule has 0 spiro atoms. The maximum Gasteiger partial charge on any atom is 0.227 e. The van der Waals surface area contributed by atoms with Gasteiger partial charge in [-0.25, -0.2) is 4.98 Å². The quantitative estimate of drug-likeness (QED) is 0.840. The van der Waals surface area contributed by atoms with Gasteiger partial charge in [-0.15, -0.1) is 0 Å². The van der Waals surface area contributed by atoms with Crippen molar-refractivity contribution in [3.8, 4) is 0 Å². The lowest BCUT2D eigenvalue weighted by molar-refractivity contribution is -0.129. The van der Waals surface area contributed by atoms with Gasteiger partial charge in [0.25, 0.3) is 0 Å². The van der Waals surface area contributed by atoms with Crippen LogP contribution in [0.25, 0.3) is 0 Å². The molecule has 0 saturated carbocycles. The molecule has 1 aliphatic rings. The minimum atomic E-state index is -0.428. The molecule has 2 rings (SSSR count). The SMILES string of the molecule is CNC(=O)C(C)(C)Cn1cncc1C1CCCN1. The number of nitrogens with zero attached hydrogens (tertiary/aromatic N) is 2. The first kappa shape index (κ1) is 13.1. The van der Waals surface area contributed by atoms with Crippen LogP contribution in [0, 0.1) is 5.41 Å². The zero-order valence-electron chi connectivity index (χ0n) is 11.4. The first-order chi connectivity index (χ1) is 8.54. The molecule has 0 aliphatic carbocycles. The zero-order valence-corrected chi connectivity index (χ0v) is 11.4. The molecule has 1 aromatic rings. The lowest BCUT2D eigenvalue weighted by Crippen LogP contribution is -2.38. The third-order valence-corrected chi connectivity index (χ3v) is 3.57. The Balaban J connectivity index is 2.14. The van der Waals surface area contributed by atoms with Crippen LogP contribution in [0.1, 0.15) is 38.4 Å². The van der Waals surface area contributed by atoms with Crippen LogP contribution >= 0.6 is 0 Å². The number of rotatable bonds is 4. The van der Waals surface area contributed by atoms with Crippen LogP contribution in [-0.4, -0.2) is 29.1 Å². The normalized spacial score (nSPS) is 20.1. The van der Waals surface area contributed by atoms with Crippen LogP contribution in [0.15, 0.2) is 12.5 Å². The fourth-order valence-corrected chi connectivity index (χ4v) is 2.53. The Morgan fingerprint density at radius 2 is 2.44 bits per heavy atom. The van der Waals surface area contributed by atoms with Crippen molar-refractivity contribution in [1.82, 2.24) is 20.2 Å². The van der Waals surface area contributed by atoms with Gasteiger partial charge in [0.2, 0.25) is 5.91 Å². The Hall–Kier alpha value is -1.36. The molecule has 1 fully saturated rings. The predicted molar refractivity (Wildman–Crippen MR) is 70.1 cm³/mol. The standard InChI is InChI=1S/C13H22N4O/c1-13(2,12(18)14-3)8-17-9-15-7-11(17)10-5-4-6-16-10/h7,9-10,16H,4-6,8H2,1-3H3,(H,14,18). The smallest absolute Gasteiger partial charge is 0.227 e. The van der Waals surface area contributed by atoms with Crippen LogP contribution < -0.4 is 10.6 Å². The fraction of sp³-hybridized carbons (Fsp3) is 0.692. The molecule has 5 heteroatoms. The van der Waals surface area contributed by atoms with Gasteiger partial charge in [0, 0.05) is 25.8 Å². The van der Waals surface area contributed by atoms with E-state index in [4.69, 9.17) is 0 Å². The van der Waals surface area contributed by atoms with E-state index in [2.05, 4.69) is 20.2 Å². The van der Waals surface area contributed by atoms with E-state index in [0.29, 0.717) is 12.6 Å². The summed E-state index contributed by atoms with van der Waals surface area (Å²) in [6.45, 7) is 5.63. The topological polar surface area (TPSA) is 59.0 Å². The Kier molecular flexibility index (Phi) is 3.71. The second kappa shape index (κ2) is 5.10. The van der Waals surface area contributed by atoms with E-state index in [-0.39, 0.29) is 5.91 Å². The number of carbonyl (C=O) groups is 1. The highest BCUT2D eigenvalue weighted by Gasteiger charge is 2.29. The molecule has 1 unspecified atom stereocenters. The maximum atomic E-state index is 11.8. The number of hydrogen-bond donors (Lipinski definition) is 2. The van der Waals surface area contributed by atoms with Crippen molar-refractivity contribution >= 4 is 5.91 Å². The Morgan fingerprint density at radius 3 is 3.06 bits per heavy atom. The minimum Gasteiger partial charge on any atom is -0.359 e. The number of nitrogens with one attached hydrogen (secondary N) is 2. The molecule has 1 saturated heterocycles. The van der Waals surface area contributed by atoms with E-state index in [0.717, 1.165) is 13.0 Å². The van der Waals surface area contributed by atoms with Crippen molar-refractivity contribution in [2.24, 2.45) is 5.41 Å². The van der Waals surface area contributed by atoms with Crippen molar-refractivity contribution in [1.29, 1.82) is 0 Å². The van der Waals surface area contributed by atoms with Crippen molar-refractivity contribution in [3.63, 3.8) is 0 Å². The van der Waals surface area contributed by atoms with Crippen LogP contribution in [0.4, 0.5) is 0 Å². The molecule has 1 amide bonds. The number of aromatic nitrogens is 2. The lowest BCUT2D eigenvalue weighted by Gasteiger charge is -2.25. The molecule has 1 aliphatic heterocycles. The van der Waals surface area contributed by atoms with Crippen molar-refractivity contribution in [2.45, 2.75) is 39.3 Å². The van der Waals surface area contributed by atoms with Gasteiger partial charge in [0.1, 0.15) is 0 Å². The lowest BCUT2D eigenvalue weighted by atomic mass is 9.92. The molecule has 0 bridgehead atoms. The van der Waals surface area contributed by atoms with E-state index < -0.39 is 5.41 Å². The van der Waals surface area contributed by atoms with E-state index >= 15 is 0 Å². The molecule has 2 heterocycles. The van der Waals surface area contributed by atoms with E-state index in [9.17, 15) is 4.79 Å². The predicted octanol–water partition coefficient (Wildman–Crippen LogP) is 1.08. The maximum absolute atomic E-state index is 11.8. The third-order valence-electron chi connectivity index (χ3n) is 3.57. The molecule has 18 heavy (non-hydrogen) atoms. The molecular formula is C13H22N4O. The largest absolute Gasteiger partial charge is 0.359 e. The average molecular weight is 250 g/mol. The van der Waals surface area contributed by atoms with E-state index in [1.54, 1.807) is 7.05 Å². The minimum absolute atomic E-state index is 0.0570. The van der Waals surface area contributed by atoms with E-state index in [1.807, 2.05) is 26.4 Å². The van der Waals surface area contributed by atoms with Crippen LogP contribution in [0.3, 0.4) is 0 Å². The van der Waals surface area contributed by atoms with Gasteiger partial charge in [0.15, 0.2) is 0 Å². The highest BCUT2D eigenvalue weighted by atomic mass is 16.2. The second-order valence-corrected chi connectivity index (χ2v) is 5.56. The van der Waals surface area contributed by atoms with Crippen LogP contribution in [-0.2, 0) is 11.3 Å². The Bertz CT molecular complexity index is 418. The molecule has 100 valence electrons. The second-order valence-electron chi connectivity index (χ2n) is 5.56. The number of imidazole rings is 1. The highest BCUT2D eigenvalue weighted by molar-refractivity contribution is 5.81. The summed E-state index contributed by atoms with van der Waals surface area (Å²) in [4.78, 5) is 16.1. The Labute approximate surface area is 108 Å². The summed E-state index contributed by atoms with van der Waals surface area (Å²) in [5.41, 5.74) is 0.757. The first-order valence-electron chi connectivity index (χ1n) is 6.50. The van der Waals surface area contributed by atoms with Crippen LogP contribution in [0.5, 0.6) is 0 Å². The van der Waals surface area contributed by atoms with Crippen molar-refractivity contribution in [2.75, 3.05) is 13.6 Å². The van der Waals surface area contributed by atoms with Crippen LogP contribution in [0.2, 0.25) is 0 Å². The highest BCUT2D eigenvalue weighted by Crippen LogP contribution is 2.26. The first-order valence-corrected chi connectivity index (χ1v) is 6.50. The Morgan fingerprint density at radius 1 is 1.67 bits per heavy atom. The van der Waals surface area contributed by atoms with E-state index in [1.165, 1.54) is 12.1 Å². The van der Waals surface area contributed by atoms with Gasteiger partial charge >= 0.3 is 0 Å². The summed E-state index contributed by atoms with van der Waals surface area (Å²) < 4.78 is 2.10. The molecule has 2 N–H and O–H groups in total. The van der Waals surface area contributed by atoms with Gasteiger partial charge in [0.05, 0.1) is 17.4 Å². The number of amides is 1. The summed E-state index contributed by atoms with van der Waals surface area (Å²) in [6.07, 6.45) is 6.07. The number of carbonyl (C=O) groups excluding carboxylic acids is 1.